The lowest BCUT2D eigenvalue weighted by Gasteiger charge is -2.29. The van der Waals surface area contributed by atoms with Crippen LogP contribution >= 0.6 is 0 Å². The summed E-state index contributed by atoms with van der Waals surface area (Å²) in [5.74, 6) is 4.88. The van der Waals surface area contributed by atoms with Crippen molar-refractivity contribution in [2.45, 2.75) is 51.4 Å². The van der Waals surface area contributed by atoms with Crippen LogP contribution in [0.2, 0.25) is 0 Å². The van der Waals surface area contributed by atoms with E-state index in [4.69, 9.17) is 11.3 Å². The van der Waals surface area contributed by atoms with Crippen molar-refractivity contribution in [1.29, 1.82) is 5.41 Å². The van der Waals surface area contributed by atoms with Gasteiger partial charge in [-0.05, 0) is 29.5 Å². The van der Waals surface area contributed by atoms with Crippen LogP contribution in [-0.4, -0.2) is 52.9 Å². The molecule has 0 radical (unpaired) electrons. The van der Waals surface area contributed by atoms with E-state index in [9.17, 15) is 14.0 Å². The first-order valence-corrected chi connectivity index (χ1v) is 11.4. The monoisotopic (exact) mass is 468 g/mol. The first kappa shape index (κ1) is 25.3. The summed E-state index contributed by atoms with van der Waals surface area (Å²) in [5, 5.41) is 11.8. The van der Waals surface area contributed by atoms with E-state index in [0.29, 0.717) is 5.92 Å². The van der Waals surface area contributed by atoms with Gasteiger partial charge in [0.2, 0.25) is 11.8 Å². The fourth-order valence-electron chi connectivity index (χ4n) is 4.11. The maximum absolute atomic E-state index is 14.4. The van der Waals surface area contributed by atoms with Gasteiger partial charge >= 0.3 is 0 Å². The van der Waals surface area contributed by atoms with Crippen molar-refractivity contribution in [1.82, 2.24) is 20.8 Å². The zero-order valence-electron chi connectivity index (χ0n) is 19.8. The van der Waals surface area contributed by atoms with Crippen LogP contribution in [0.3, 0.4) is 0 Å². The SMILES string of the molecule is CC(=N)N(CC(=O)N1C[C@H](F)C[C@H]1C(=O)N[C@@H](c1ccccc1)c1ccc(C(C)C)cc1)NN. The normalized spacial score (nSPS) is 18.6. The van der Waals surface area contributed by atoms with Crippen LogP contribution in [0.4, 0.5) is 4.39 Å². The number of halogens is 1. The minimum absolute atomic E-state index is 0.0295. The van der Waals surface area contributed by atoms with Crippen LogP contribution in [0.1, 0.15) is 55.8 Å². The lowest BCUT2D eigenvalue weighted by molar-refractivity contribution is -0.139. The van der Waals surface area contributed by atoms with Gasteiger partial charge in [0, 0.05) is 6.42 Å². The number of hydrazine groups is 2. The molecule has 2 aromatic carbocycles. The molecule has 1 aliphatic rings. The van der Waals surface area contributed by atoms with Gasteiger partial charge in [0.1, 0.15) is 24.6 Å². The van der Waals surface area contributed by atoms with Gasteiger partial charge in [0.05, 0.1) is 12.6 Å². The average Bonchev–Trinajstić information content (AvgIpc) is 3.23. The van der Waals surface area contributed by atoms with E-state index >= 15 is 0 Å². The second-order valence-electron chi connectivity index (χ2n) is 8.87. The minimum Gasteiger partial charge on any atom is -0.343 e. The first-order chi connectivity index (χ1) is 16.2. The molecule has 1 fully saturated rings. The summed E-state index contributed by atoms with van der Waals surface area (Å²) in [6.45, 7) is 5.25. The molecule has 3 rings (SSSR count). The molecule has 0 saturated carbocycles. The molecule has 2 aromatic rings. The highest BCUT2D eigenvalue weighted by molar-refractivity contribution is 5.91. The molecule has 0 aromatic heterocycles. The van der Waals surface area contributed by atoms with Gasteiger partial charge in [0.15, 0.2) is 0 Å². The van der Waals surface area contributed by atoms with Crippen molar-refractivity contribution >= 4 is 17.6 Å². The number of nitrogens with one attached hydrogen (secondary N) is 3. The van der Waals surface area contributed by atoms with Gasteiger partial charge in [-0.3, -0.25) is 25.8 Å². The van der Waals surface area contributed by atoms with Crippen LogP contribution in [0.5, 0.6) is 0 Å². The Balaban J connectivity index is 1.83. The van der Waals surface area contributed by atoms with Crippen molar-refractivity contribution in [3.8, 4) is 0 Å². The zero-order chi connectivity index (χ0) is 24.8. The van der Waals surface area contributed by atoms with Crippen molar-refractivity contribution in [3.05, 3.63) is 71.3 Å². The number of rotatable bonds is 8. The Morgan fingerprint density at radius 3 is 2.26 bits per heavy atom. The molecule has 9 heteroatoms. The molecule has 0 unspecified atom stereocenters. The standard InChI is InChI=1S/C25H33FN6O2/c1-16(2)18-9-11-20(12-10-18)24(19-7-5-4-6-8-19)29-25(34)22-13-21(26)14-31(22)23(33)15-32(30-28)17(3)27/h4-12,16,21-22,24,27,30H,13-15,28H2,1-3H3,(H,29,34)/t21-,22+,24+/m1/s1. The third-order valence-corrected chi connectivity index (χ3v) is 6.08. The Morgan fingerprint density at radius 2 is 1.71 bits per heavy atom. The number of amides is 2. The van der Waals surface area contributed by atoms with Crippen LogP contribution in [0.25, 0.3) is 0 Å². The topological polar surface area (TPSA) is 115 Å². The Kier molecular flexibility index (Phi) is 8.36. The molecule has 1 saturated heterocycles. The summed E-state index contributed by atoms with van der Waals surface area (Å²) in [5.41, 5.74) is 5.24. The van der Waals surface area contributed by atoms with Gasteiger partial charge in [-0.25, -0.2) is 4.39 Å². The summed E-state index contributed by atoms with van der Waals surface area (Å²) in [6.07, 6.45) is -1.38. The minimum atomic E-state index is -1.31. The third-order valence-electron chi connectivity index (χ3n) is 6.08. The number of hydrogen-bond acceptors (Lipinski definition) is 5. The zero-order valence-corrected chi connectivity index (χ0v) is 19.8. The number of hydrogen-bond donors (Lipinski definition) is 4. The predicted molar refractivity (Wildman–Crippen MR) is 129 cm³/mol. The predicted octanol–water partition coefficient (Wildman–Crippen LogP) is 2.63. The molecule has 0 spiro atoms. The molecule has 182 valence electrons. The molecule has 0 aliphatic carbocycles. The van der Waals surface area contributed by atoms with Crippen LogP contribution in [0, 0.1) is 5.41 Å². The number of likely N-dealkylation sites (tertiary alicyclic amines) is 1. The Labute approximate surface area is 199 Å². The van der Waals surface area contributed by atoms with Crippen molar-refractivity contribution in [3.63, 3.8) is 0 Å². The molecule has 5 N–H and O–H groups in total. The van der Waals surface area contributed by atoms with E-state index in [1.807, 2.05) is 54.6 Å². The molecule has 0 bridgehead atoms. The van der Waals surface area contributed by atoms with E-state index in [0.717, 1.165) is 16.1 Å². The molecule has 1 heterocycles. The maximum atomic E-state index is 14.4. The van der Waals surface area contributed by atoms with Crippen molar-refractivity contribution < 1.29 is 14.0 Å². The number of carbonyl (C=O) groups is 2. The highest BCUT2D eigenvalue weighted by Crippen LogP contribution is 2.27. The van der Waals surface area contributed by atoms with Crippen molar-refractivity contribution in [2.75, 3.05) is 13.1 Å². The van der Waals surface area contributed by atoms with E-state index in [1.54, 1.807) is 0 Å². The highest BCUT2D eigenvalue weighted by atomic mass is 19.1. The van der Waals surface area contributed by atoms with Crippen LogP contribution < -0.4 is 16.7 Å². The van der Waals surface area contributed by atoms with E-state index in [-0.39, 0.29) is 25.3 Å². The van der Waals surface area contributed by atoms with Gasteiger partial charge < -0.3 is 10.2 Å². The van der Waals surface area contributed by atoms with Crippen molar-refractivity contribution in [2.24, 2.45) is 5.84 Å². The number of carbonyl (C=O) groups excluding carboxylic acids is 2. The summed E-state index contributed by atoms with van der Waals surface area (Å²) in [6, 6.07) is 16.2. The maximum Gasteiger partial charge on any atom is 0.244 e. The van der Waals surface area contributed by atoms with Crippen LogP contribution in [-0.2, 0) is 9.59 Å². The second-order valence-corrected chi connectivity index (χ2v) is 8.87. The van der Waals surface area contributed by atoms with Gasteiger partial charge in [-0.2, -0.15) is 5.53 Å². The van der Waals surface area contributed by atoms with Gasteiger partial charge in [-0.1, -0.05) is 68.4 Å². The lowest BCUT2D eigenvalue weighted by Crippen LogP contribution is -2.54. The summed E-state index contributed by atoms with van der Waals surface area (Å²) in [7, 11) is 0. The lowest BCUT2D eigenvalue weighted by atomic mass is 9.95. The highest BCUT2D eigenvalue weighted by Gasteiger charge is 2.40. The average molecular weight is 469 g/mol. The van der Waals surface area contributed by atoms with E-state index in [1.165, 1.54) is 17.4 Å². The Bertz CT molecular complexity index is 998. The Morgan fingerprint density at radius 1 is 1.12 bits per heavy atom. The van der Waals surface area contributed by atoms with Crippen LogP contribution in [0.15, 0.2) is 54.6 Å². The number of alkyl halides is 1. The smallest absolute Gasteiger partial charge is 0.244 e. The quantitative estimate of drug-likeness (QED) is 0.206. The molecular formula is C25H33FN6O2. The summed E-state index contributed by atoms with van der Waals surface area (Å²) >= 11 is 0. The third kappa shape index (κ3) is 5.98. The van der Waals surface area contributed by atoms with Gasteiger partial charge in [0.25, 0.3) is 0 Å². The first-order valence-electron chi connectivity index (χ1n) is 11.4. The Hall–Kier alpha value is -3.30. The second kappa shape index (κ2) is 11.2. The molecule has 1 aliphatic heterocycles. The number of nitrogens with two attached hydrogens (primary N) is 1. The van der Waals surface area contributed by atoms with Gasteiger partial charge in [-0.15, -0.1) is 0 Å². The number of benzene rings is 2. The number of nitrogens with zero attached hydrogens (tertiary/aromatic N) is 2. The largest absolute Gasteiger partial charge is 0.343 e. The molecule has 34 heavy (non-hydrogen) atoms. The molecule has 3 atom stereocenters. The molecular weight excluding hydrogens is 435 g/mol. The van der Waals surface area contributed by atoms with E-state index < -0.39 is 30.1 Å². The molecule has 2 amide bonds. The summed E-state index contributed by atoms with van der Waals surface area (Å²) in [4.78, 5) is 27.4. The summed E-state index contributed by atoms with van der Waals surface area (Å²) < 4.78 is 14.4. The fraction of sp³-hybridized carbons (Fsp3) is 0.400. The fourth-order valence-corrected chi connectivity index (χ4v) is 4.11. The number of amidine groups is 1. The van der Waals surface area contributed by atoms with E-state index in [2.05, 4.69) is 24.7 Å². The molecule has 8 nitrogen and oxygen atoms in total.